The molecule has 1 fully saturated rings. The summed E-state index contributed by atoms with van der Waals surface area (Å²) in [4.78, 5) is 16.5. The highest BCUT2D eigenvalue weighted by Crippen LogP contribution is 2.38. The summed E-state index contributed by atoms with van der Waals surface area (Å²) in [7, 11) is 4.84. The van der Waals surface area contributed by atoms with Gasteiger partial charge in [-0.15, -0.1) is 0 Å². The van der Waals surface area contributed by atoms with Gasteiger partial charge in [0.15, 0.2) is 11.5 Å². The number of ether oxygens (including phenoxy) is 3. The van der Waals surface area contributed by atoms with Crippen molar-refractivity contribution in [1.29, 1.82) is 0 Å². The average Bonchev–Trinajstić information content (AvgIpc) is 2.65. The Morgan fingerprint density at radius 1 is 1.08 bits per heavy atom. The first kappa shape index (κ1) is 20.3. The number of carbonyl (C=O) groups is 1. The van der Waals surface area contributed by atoms with Crippen LogP contribution in [-0.4, -0.2) is 69.3 Å². The summed E-state index contributed by atoms with van der Waals surface area (Å²) in [5.41, 5.74) is 6.83. The molecule has 1 aliphatic rings. The number of hydrogen-bond acceptors (Lipinski definition) is 6. The van der Waals surface area contributed by atoms with E-state index < -0.39 is 0 Å². The van der Waals surface area contributed by atoms with Gasteiger partial charge in [-0.1, -0.05) is 0 Å². The zero-order chi connectivity index (χ0) is 19.1. The lowest BCUT2D eigenvalue weighted by Crippen LogP contribution is -2.48. The van der Waals surface area contributed by atoms with Crippen molar-refractivity contribution in [1.82, 2.24) is 9.80 Å². The molecule has 2 N–H and O–H groups in total. The Kier molecular flexibility index (Phi) is 7.53. The predicted molar refractivity (Wildman–Crippen MR) is 101 cm³/mol. The fourth-order valence-electron chi connectivity index (χ4n) is 3.15. The summed E-state index contributed by atoms with van der Waals surface area (Å²) in [5.74, 6) is 2.12. The van der Waals surface area contributed by atoms with E-state index >= 15 is 0 Å². The molecule has 0 aliphatic carbocycles. The summed E-state index contributed by atoms with van der Waals surface area (Å²) in [6.45, 7) is 5.91. The molecule has 0 aromatic heterocycles. The molecule has 7 heteroatoms. The molecule has 1 amide bonds. The number of nitrogens with two attached hydrogens (primary N) is 1. The summed E-state index contributed by atoms with van der Waals surface area (Å²) in [6.07, 6.45) is 1.27. The molecule has 1 atom stereocenters. The molecule has 2 rings (SSSR count). The number of nitrogens with zero attached hydrogens (tertiary/aromatic N) is 2. The van der Waals surface area contributed by atoms with Gasteiger partial charge < -0.3 is 24.8 Å². The van der Waals surface area contributed by atoms with Crippen molar-refractivity contribution in [2.45, 2.75) is 32.4 Å². The molecule has 1 aromatic rings. The van der Waals surface area contributed by atoms with Gasteiger partial charge in [-0.05, 0) is 31.0 Å². The van der Waals surface area contributed by atoms with Crippen molar-refractivity contribution in [3.8, 4) is 17.2 Å². The first-order valence-corrected chi connectivity index (χ1v) is 9.03. The fourth-order valence-corrected chi connectivity index (χ4v) is 3.15. The molecule has 0 bridgehead atoms. The average molecular weight is 365 g/mol. The highest BCUT2D eigenvalue weighted by Gasteiger charge is 2.22. The lowest BCUT2D eigenvalue weighted by atomic mass is 10.1. The van der Waals surface area contributed by atoms with Gasteiger partial charge in [-0.25, -0.2) is 0 Å². The van der Waals surface area contributed by atoms with Crippen LogP contribution in [0.25, 0.3) is 0 Å². The predicted octanol–water partition coefficient (Wildman–Crippen LogP) is 1.48. The molecule has 0 saturated carbocycles. The molecule has 1 aliphatic heterocycles. The van der Waals surface area contributed by atoms with E-state index in [-0.39, 0.29) is 11.9 Å². The third-order valence-corrected chi connectivity index (χ3v) is 4.67. The molecule has 0 spiro atoms. The van der Waals surface area contributed by atoms with Crippen molar-refractivity contribution in [2.75, 3.05) is 47.5 Å². The van der Waals surface area contributed by atoms with E-state index in [1.54, 1.807) is 21.3 Å². The van der Waals surface area contributed by atoms with Gasteiger partial charge in [0.05, 0.1) is 21.3 Å². The van der Waals surface area contributed by atoms with Crippen LogP contribution < -0.4 is 19.9 Å². The molecule has 1 heterocycles. The standard InChI is InChI=1S/C19H31N3O4/c1-14(20)5-6-18(23)22-9-7-21(8-10-22)13-15-11-16(24-2)19(26-4)17(12-15)25-3/h11-12,14H,5-10,13,20H2,1-4H3. The van der Waals surface area contributed by atoms with Crippen LogP contribution in [0.15, 0.2) is 12.1 Å². The molecule has 0 radical (unpaired) electrons. The molecular formula is C19H31N3O4. The molecule has 7 nitrogen and oxygen atoms in total. The lowest BCUT2D eigenvalue weighted by Gasteiger charge is -2.35. The summed E-state index contributed by atoms with van der Waals surface area (Å²) < 4.78 is 16.2. The van der Waals surface area contributed by atoms with E-state index in [1.165, 1.54) is 0 Å². The topological polar surface area (TPSA) is 77.3 Å². The molecular weight excluding hydrogens is 334 g/mol. The summed E-state index contributed by atoms with van der Waals surface area (Å²) in [6, 6.07) is 4.02. The molecule has 146 valence electrons. The highest BCUT2D eigenvalue weighted by molar-refractivity contribution is 5.76. The SMILES string of the molecule is COc1cc(CN2CCN(C(=O)CCC(C)N)CC2)cc(OC)c1OC. The van der Waals surface area contributed by atoms with Gasteiger partial charge in [0.2, 0.25) is 11.7 Å². The van der Waals surface area contributed by atoms with Crippen molar-refractivity contribution in [3.63, 3.8) is 0 Å². The van der Waals surface area contributed by atoms with Crippen molar-refractivity contribution in [3.05, 3.63) is 17.7 Å². The number of piperazine rings is 1. The van der Waals surface area contributed by atoms with Crippen LogP contribution in [0, 0.1) is 0 Å². The first-order valence-electron chi connectivity index (χ1n) is 9.03. The Morgan fingerprint density at radius 3 is 2.12 bits per heavy atom. The van der Waals surface area contributed by atoms with Crippen LogP contribution in [0.1, 0.15) is 25.3 Å². The Balaban J connectivity index is 1.94. The smallest absolute Gasteiger partial charge is 0.222 e. The number of benzene rings is 1. The Hall–Kier alpha value is -1.99. The van der Waals surface area contributed by atoms with E-state index in [2.05, 4.69) is 4.90 Å². The minimum Gasteiger partial charge on any atom is -0.493 e. The lowest BCUT2D eigenvalue weighted by molar-refractivity contribution is -0.133. The number of amides is 1. The normalized spacial score (nSPS) is 16.3. The number of carbonyl (C=O) groups excluding carboxylic acids is 1. The van der Waals surface area contributed by atoms with E-state index in [1.807, 2.05) is 24.0 Å². The van der Waals surface area contributed by atoms with Crippen LogP contribution >= 0.6 is 0 Å². The maximum Gasteiger partial charge on any atom is 0.222 e. The minimum atomic E-state index is 0.0697. The highest BCUT2D eigenvalue weighted by atomic mass is 16.5. The van der Waals surface area contributed by atoms with Gasteiger partial charge in [0.1, 0.15) is 0 Å². The Labute approximate surface area is 156 Å². The number of hydrogen-bond donors (Lipinski definition) is 1. The van der Waals surface area contributed by atoms with E-state index in [0.717, 1.165) is 44.7 Å². The Morgan fingerprint density at radius 2 is 1.65 bits per heavy atom. The van der Waals surface area contributed by atoms with Crippen LogP contribution in [0.5, 0.6) is 17.2 Å². The van der Waals surface area contributed by atoms with Crippen molar-refractivity contribution < 1.29 is 19.0 Å². The third kappa shape index (κ3) is 5.25. The fraction of sp³-hybridized carbons (Fsp3) is 0.632. The van der Waals surface area contributed by atoms with E-state index in [0.29, 0.717) is 23.7 Å². The number of methoxy groups -OCH3 is 3. The minimum absolute atomic E-state index is 0.0697. The van der Waals surface area contributed by atoms with Gasteiger partial charge in [-0.3, -0.25) is 9.69 Å². The summed E-state index contributed by atoms with van der Waals surface area (Å²) in [5, 5.41) is 0. The third-order valence-electron chi connectivity index (χ3n) is 4.67. The summed E-state index contributed by atoms with van der Waals surface area (Å²) >= 11 is 0. The first-order chi connectivity index (χ1) is 12.5. The monoisotopic (exact) mass is 365 g/mol. The molecule has 1 unspecified atom stereocenters. The molecule has 1 saturated heterocycles. The molecule has 1 aromatic carbocycles. The maximum atomic E-state index is 12.2. The second-order valence-corrected chi connectivity index (χ2v) is 6.71. The van der Waals surface area contributed by atoms with Crippen molar-refractivity contribution >= 4 is 5.91 Å². The number of rotatable bonds is 8. The second-order valence-electron chi connectivity index (χ2n) is 6.71. The van der Waals surface area contributed by atoms with Gasteiger partial charge in [0.25, 0.3) is 0 Å². The quantitative estimate of drug-likeness (QED) is 0.752. The van der Waals surface area contributed by atoms with Gasteiger partial charge in [0, 0.05) is 45.2 Å². The van der Waals surface area contributed by atoms with Crippen LogP contribution in [0.2, 0.25) is 0 Å². The van der Waals surface area contributed by atoms with Gasteiger partial charge in [-0.2, -0.15) is 0 Å². The molecule has 26 heavy (non-hydrogen) atoms. The zero-order valence-corrected chi connectivity index (χ0v) is 16.3. The van der Waals surface area contributed by atoms with Crippen LogP contribution in [0.3, 0.4) is 0 Å². The zero-order valence-electron chi connectivity index (χ0n) is 16.3. The van der Waals surface area contributed by atoms with Crippen LogP contribution in [-0.2, 0) is 11.3 Å². The van der Waals surface area contributed by atoms with E-state index in [9.17, 15) is 4.79 Å². The Bertz CT molecular complexity index is 573. The second kappa shape index (κ2) is 9.64. The van der Waals surface area contributed by atoms with E-state index in [4.69, 9.17) is 19.9 Å². The van der Waals surface area contributed by atoms with Crippen LogP contribution in [0.4, 0.5) is 0 Å². The maximum absolute atomic E-state index is 12.2. The largest absolute Gasteiger partial charge is 0.493 e. The van der Waals surface area contributed by atoms with Gasteiger partial charge >= 0.3 is 0 Å². The van der Waals surface area contributed by atoms with Crippen molar-refractivity contribution in [2.24, 2.45) is 5.73 Å².